The smallest absolute Gasteiger partial charge is 0.254 e. The molecule has 5 nitrogen and oxygen atoms in total. The van der Waals surface area contributed by atoms with Gasteiger partial charge in [0, 0.05) is 13.1 Å². The number of aliphatic hydroxyl groups is 1. The van der Waals surface area contributed by atoms with E-state index in [1.807, 2.05) is 36.4 Å². The van der Waals surface area contributed by atoms with Crippen LogP contribution in [-0.2, 0) is 16.1 Å². The van der Waals surface area contributed by atoms with Crippen molar-refractivity contribution in [1.82, 2.24) is 10.2 Å². The number of hydrogen-bond donors (Lipinski definition) is 2. The zero-order valence-electron chi connectivity index (χ0n) is 14.0. The molecule has 2 aromatic carbocycles. The third-order valence-corrected chi connectivity index (χ3v) is 4.43. The first-order valence-corrected chi connectivity index (χ1v) is 8.51. The van der Waals surface area contributed by atoms with Gasteiger partial charge in [0.15, 0.2) is 6.10 Å². The van der Waals surface area contributed by atoms with Crippen LogP contribution in [0.5, 0.6) is 0 Å². The van der Waals surface area contributed by atoms with Gasteiger partial charge in [-0.15, -0.1) is 0 Å². The molecule has 2 atom stereocenters. The first-order chi connectivity index (χ1) is 12.1. The predicted molar refractivity (Wildman–Crippen MR) is 94.4 cm³/mol. The Hall–Kier alpha value is -2.66. The number of nitrogens with zero attached hydrogens (tertiary/aromatic N) is 1. The summed E-state index contributed by atoms with van der Waals surface area (Å²) in [6.45, 7) is 1.22. The van der Waals surface area contributed by atoms with Crippen molar-refractivity contribution in [3.8, 4) is 0 Å². The third kappa shape index (κ3) is 4.25. The van der Waals surface area contributed by atoms with Crippen molar-refractivity contribution in [2.24, 2.45) is 0 Å². The van der Waals surface area contributed by atoms with E-state index in [0.717, 1.165) is 12.0 Å². The van der Waals surface area contributed by atoms with Crippen LogP contribution in [0.4, 0.5) is 0 Å². The fraction of sp³-hybridized carbons (Fsp3) is 0.300. The van der Waals surface area contributed by atoms with E-state index in [9.17, 15) is 14.7 Å². The quantitative estimate of drug-likeness (QED) is 0.876. The molecule has 1 aliphatic heterocycles. The molecule has 2 N–H and O–H groups in total. The van der Waals surface area contributed by atoms with Gasteiger partial charge in [0.25, 0.3) is 5.91 Å². The number of amides is 2. The second-order valence-corrected chi connectivity index (χ2v) is 6.26. The number of likely N-dealkylation sites (tertiary alicyclic amines) is 1. The van der Waals surface area contributed by atoms with E-state index in [2.05, 4.69) is 5.32 Å². The van der Waals surface area contributed by atoms with Gasteiger partial charge in [-0.2, -0.15) is 0 Å². The highest BCUT2D eigenvalue weighted by atomic mass is 16.3. The minimum Gasteiger partial charge on any atom is -0.378 e. The van der Waals surface area contributed by atoms with Crippen molar-refractivity contribution >= 4 is 11.8 Å². The van der Waals surface area contributed by atoms with Crippen LogP contribution in [0, 0.1) is 0 Å². The zero-order valence-corrected chi connectivity index (χ0v) is 14.0. The first-order valence-electron chi connectivity index (χ1n) is 8.51. The highest BCUT2D eigenvalue weighted by molar-refractivity contribution is 5.90. The lowest BCUT2D eigenvalue weighted by Gasteiger charge is -2.33. The van der Waals surface area contributed by atoms with Crippen LogP contribution in [0.25, 0.3) is 0 Å². The van der Waals surface area contributed by atoms with E-state index in [0.29, 0.717) is 25.1 Å². The summed E-state index contributed by atoms with van der Waals surface area (Å²) in [5.74, 6) is -0.630. The van der Waals surface area contributed by atoms with Gasteiger partial charge in [0.1, 0.15) is 6.04 Å². The topological polar surface area (TPSA) is 69.6 Å². The molecule has 1 aliphatic rings. The average Bonchev–Trinajstić information content (AvgIpc) is 2.66. The molecule has 0 spiro atoms. The average molecular weight is 338 g/mol. The van der Waals surface area contributed by atoms with Gasteiger partial charge in [0.05, 0.1) is 0 Å². The maximum Gasteiger partial charge on any atom is 0.254 e. The molecule has 3 rings (SSSR count). The molecule has 130 valence electrons. The van der Waals surface area contributed by atoms with Gasteiger partial charge in [-0.25, -0.2) is 0 Å². The summed E-state index contributed by atoms with van der Waals surface area (Å²) in [6, 6.07) is 17.9. The molecule has 0 unspecified atom stereocenters. The van der Waals surface area contributed by atoms with Crippen LogP contribution in [0.15, 0.2) is 60.7 Å². The number of aliphatic hydroxyl groups excluding tert-OH is 1. The largest absolute Gasteiger partial charge is 0.378 e. The maximum absolute atomic E-state index is 12.7. The third-order valence-electron chi connectivity index (χ3n) is 4.43. The van der Waals surface area contributed by atoms with Crippen molar-refractivity contribution in [3.63, 3.8) is 0 Å². The van der Waals surface area contributed by atoms with Crippen LogP contribution < -0.4 is 5.32 Å². The SMILES string of the molecule is O=C(N[C@H]1CCCN(Cc2ccccc2)C1=O)[C@@H](O)c1ccccc1. The predicted octanol–water partition coefficient (Wildman–Crippen LogP) is 2.03. The Morgan fingerprint density at radius 2 is 1.76 bits per heavy atom. The number of rotatable bonds is 5. The summed E-state index contributed by atoms with van der Waals surface area (Å²) in [7, 11) is 0. The fourth-order valence-electron chi connectivity index (χ4n) is 3.07. The van der Waals surface area contributed by atoms with Gasteiger partial charge in [-0.3, -0.25) is 9.59 Å². The summed E-state index contributed by atoms with van der Waals surface area (Å²) >= 11 is 0. The van der Waals surface area contributed by atoms with Crippen LogP contribution in [0.2, 0.25) is 0 Å². The zero-order chi connectivity index (χ0) is 17.6. The second kappa shape index (κ2) is 7.94. The molecule has 0 radical (unpaired) electrons. The molecule has 1 heterocycles. The van der Waals surface area contributed by atoms with Gasteiger partial charge in [-0.1, -0.05) is 60.7 Å². The second-order valence-electron chi connectivity index (χ2n) is 6.26. The van der Waals surface area contributed by atoms with Crippen molar-refractivity contribution in [3.05, 3.63) is 71.8 Å². The number of nitrogens with one attached hydrogen (secondary N) is 1. The van der Waals surface area contributed by atoms with Crippen molar-refractivity contribution < 1.29 is 14.7 Å². The molecule has 2 aromatic rings. The standard InChI is InChI=1S/C20H22N2O3/c23-18(16-10-5-2-6-11-16)19(24)21-17-12-7-13-22(20(17)25)14-15-8-3-1-4-9-15/h1-6,8-11,17-18,23H,7,12-14H2,(H,21,24)/t17-,18-/m0/s1. The molecule has 0 aliphatic carbocycles. The molecule has 2 amide bonds. The highest BCUT2D eigenvalue weighted by Crippen LogP contribution is 2.17. The maximum atomic E-state index is 12.7. The lowest BCUT2D eigenvalue weighted by Crippen LogP contribution is -2.52. The van der Waals surface area contributed by atoms with Gasteiger partial charge < -0.3 is 15.3 Å². The first kappa shape index (κ1) is 17.2. The summed E-state index contributed by atoms with van der Waals surface area (Å²) in [6.07, 6.45) is 0.154. The number of carbonyl (C=O) groups is 2. The Morgan fingerprint density at radius 3 is 2.44 bits per heavy atom. The molecule has 0 aromatic heterocycles. The molecular weight excluding hydrogens is 316 g/mol. The van der Waals surface area contributed by atoms with E-state index in [4.69, 9.17) is 0 Å². The van der Waals surface area contributed by atoms with Crippen molar-refractivity contribution in [1.29, 1.82) is 0 Å². The number of carbonyl (C=O) groups excluding carboxylic acids is 2. The molecule has 5 heteroatoms. The molecule has 1 fully saturated rings. The Balaban J connectivity index is 1.62. The molecule has 25 heavy (non-hydrogen) atoms. The molecule has 1 saturated heterocycles. The van der Waals surface area contributed by atoms with Crippen molar-refractivity contribution in [2.45, 2.75) is 31.5 Å². The lowest BCUT2D eigenvalue weighted by atomic mass is 10.0. The van der Waals surface area contributed by atoms with Crippen LogP contribution in [-0.4, -0.2) is 34.4 Å². The van der Waals surface area contributed by atoms with Crippen LogP contribution in [0.3, 0.4) is 0 Å². The minimum atomic E-state index is -1.27. The number of piperidine rings is 1. The monoisotopic (exact) mass is 338 g/mol. The van der Waals surface area contributed by atoms with Gasteiger partial charge in [0.2, 0.25) is 5.91 Å². The fourth-order valence-corrected chi connectivity index (χ4v) is 3.07. The van der Waals surface area contributed by atoms with E-state index >= 15 is 0 Å². The van der Waals surface area contributed by atoms with E-state index < -0.39 is 18.1 Å². The van der Waals surface area contributed by atoms with Gasteiger partial charge >= 0.3 is 0 Å². The summed E-state index contributed by atoms with van der Waals surface area (Å²) in [5, 5.41) is 12.9. The highest BCUT2D eigenvalue weighted by Gasteiger charge is 2.31. The Bertz CT molecular complexity index is 718. The Morgan fingerprint density at radius 1 is 1.12 bits per heavy atom. The Labute approximate surface area is 147 Å². The van der Waals surface area contributed by atoms with E-state index in [1.165, 1.54) is 0 Å². The number of benzene rings is 2. The lowest BCUT2D eigenvalue weighted by molar-refractivity contribution is -0.141. The summed E-state index contributed by atoms with van der Waals surface area (Å²) < 4.78 is 0. The van der Waals surface area contributed by atoms with Gasteiger partial charge in [-0.05, 0) is 24.0 Å². The Kier molecular flexibility index (Phi) is 5.46. The number of hydrogen-bond acceptors (Lipinski definition) is 3. The minimum absolute atomic E-state index is 0.0938. The van der Waals surface area contributed by atoms with E-state index in [-0.39, 0.29) is 5.91 Å². The molecular formula is C20H22N2O3. The van der Waals surface area contributed by atoms with E-state index in [1.54, 1.807) is 29.2 Å². The normalized spacial score (nSPS) is 18.7. The summed E-state index contributed by atoms with van der Waals surface area (Å²) in [5.41, 5.74) is 1.58. The molecule has 0 bridgehead atoms. The summed E-state index contributed by atoms with van der Waals surface area (Å²) in [4.78, 5) is 26.7. The van der Waals surface area contributed by atoms with Crippen molar-refractivity contribution in [2.75, 3.05) is 6.54 Å². The van der Waals surface area contributed by atoms with Crippen LogP contribution in [0.1, 0.15) is 30.1 Å². The van der Waals surface area contributed by atoms with Crippen LogP contribution >= 0.6 is 0 Å². The molecule has 0 saturated carbocycles.